The van der Waals surface area contributed by atoms with Crippen LogP contribution in [0.25, 0.3) is 10.9 Å². The molecular weight excluding hydrogens is 459 g/mol. The molecule has 3 aliphatic rings. The first-order valence-corrected chi connectivity index (χ1v) is 12.7. The molecule has 36 heavy (non-hydrogen) atoms. The minimum Gasteiger partial charge on any atom is -0.366 e. The number of carbonyl (C=O) groups excluding carboxylic acids is 2. The fraction of sp³-hybridized carbons (Fsp3) is 0.393. The molecule has 0 radical (unpaired) electrons. The molecular formula is C28H29FN4O3. The molecule has 2 fully saturated rings. The predicted molar refractivity (Wildman–Crippen MR) is 137 cm³/mol. The van der Waals surface area contributed by atoms with Crippen LogP contribution in [0, 0.1) is 5.82 Å². The van der Waals surface area contributed by atoms with E-state index in [4.69, 9.17) is 0 Å². The Bertz CT molecular complexity index is 1450. The standard InChI is InChI=1S/C28H29FN4O3/c1-17(34)31-9-11-32(12-10-31)26-15-25-22(14-24(26)29)27(35)23(16-33(25)21-7-8-21)28(36)30-20-6-5-18-3-2-4-19(18)13-20/h5-6,13-16,21H,2-4,7-12H2,1H3,(H,30,36). The van der Waals surface area contributed by atoms with Crippen LogP contribution in [0.1, 0.15) is 53.7 Å². The fourth-order valence-corrected chi connectivity index (χ4v) is 5.53. The molecule has 6 rings (SSSR count). The zero-order valence-electron chi connectivity index (χ0n) is 20.3. The molecule has 1 aromatic heterocycles. The van der Waals surface area contributed by atoms with Gasteiger partial charge in [-0.25, -0.2) is 4.39 Å². The number of pyridine rings is 1. The number of amides is 2. The number of aryl methyl sites for hydroxylation is 2. The van der Waals surface area contributed by atoms with Crippen molar-refractivity contribution >= 4 is 34.1 Å². The number of hydrogen-bond acceptors (Lipinski definition) is 4. The molecule has 0 spiro atoms. The van der Waals surface area contributed by atoms with Crippen LogP contribution in [-0.4, -0.2) is 47.5 Å². The molecule has 1 saturated heterocycles. The van der Waals surface area contributed by atoms with Crippen molar-refractivity contribution in [3.05, 3.63) is 69.3 Å². The maximum absolute atomic E-state index is 15.3. The number of carbonyl (C=O) groups is 2. The normalized spacial score (nSPS) is 17.4. The SMILES string of the molecule is CC(=O)N1CCN(c2cc3c(cc2F)c(=O)c(C(=O)Nc2ccc4c(c2)CCC4)cn3C2CC2)CC1. The van der Waals surface area contributed by atoms with E-state index in [1.54, 1.807) is 24.1 Å². The van der Waals surface area contributed by atoms with Crippen molar-refractivity contribution in [3.8, 4) is 0 Å². The van der Waals surface area contributed by atoms with E-state index in [-0.39, 0.29) is 22.9 Å². The molecule has 2 amide bonds. The van der Waals surface area contributed by atoms with E-state index in [9.17, 15) is 14.4 Å². The lowest BCUT2D eigenvalue weighted by Gasteiger charge is -2.36. The van der Waals surface area contributed by atoms with Gasteiger partial charge in [0.2, 0.25) is 11.3 Å². The number of benzene rings is 2. The topological polar surface area (TPSA) is 74.7 Å². The average molecular weight is 489 g/mol. The number of nitrogens with zero attached hydrogens (tertiary/aromatic N) is 3. The second kappa shape index (κ2) is 8.76. The second-order valence-electron chi connectivity index (χ2n) is 10.1. The van der Waals surface area contributed by atoms with Gasteiger partial charge in [0.05, 0.1) is 11.2 Å². The van der Waals surface area contributed by atoms with Crippen molar-refractivity contribution in [3.63, 3.8) is 0 Å². The lowest BCUT2D eigenvalue weighted by Crippen LogP contribution is -2.48. The summed E-state index contributed by atoms with van der Waals surface area (Å²) in [6.07, 6.45) is 6.71. The smallest absolute Gasteiger partial charge is 0.261 e. The summed E-state index contributed by atoms with van der Waals surface area (Å²) < 4.78 is 17.3. The zero-order valence-corrected chi connectivity index (χ0v) is 20.3. The van der Waals surface area contributed by atoms with Crippen LogP contribution < -0.4 is 15.6 Å². The Balaban J connectivity index is 1.35. The second-order valence-corrected chi connectivity index (χ2v) is 10.1. The Morgan fingerprint density at radius 2 is 1.75 bits per heavy atom. The van der Waals surface area contributed by atoms with E-state index in [1.807, 2.05) is 27.7 Å². The molecule has 1 aliphatic heterocycles. The lowest BCUT2D eigenvalue weighted by molar-refractivity contribution is -0.129. The van der Waals surface area contributed by atoms with Gasteiger partial charge in [-0.1, -0.05) is 6.07 Å². The van der Waals surface area contributed by atoms with Gasteiger partial charge in [0.1, 0.15) is 11.4 Å². The third kappa shape index (κ3) is 4.04. The van der Waals surface area contributed by atoms with E-state index in [1.165, 1.54) is 17.2 Å². The molecule has 8 heteroatoms. The molecule has 2 heterocycles. The highest BCUT2D eigenvalue weighted by molar-refractivity contribution is 6.06. The van der Waals surface area contributed by atoms with Gasteiger partial charge in [-0.2, -0.15) is 0 Å². The monoisotopic (exact) mass is 488 g/mol. The van der Waals surface area contributed by atoms with E-state index in [2.05, 4.69) is 5.32 Å². The van der Waals surface area contributed by atoms with Gasteiger partial charge in [0.25, 0.3) is 5.91 Å². The third-order valence-electron chi connectivity index (χ3n) is 7.71. The summed E-state index contributed by atoms with van der Waals surface area (Å²) >= 11 is 0. The molecule has 3 aromatic rings. The van der Waals surface area contributed by atoms with E-state index in [0.717, 1.165) is 32.1 Å². The Hall–Kier alpha value is -3.68. The molecule has 0 bridgehead atoms. The largest absolute Gasteiger partial charge is 0.366 e. The maximum atomic E-state index is 15.3. The molecule has 0 atom stereocenters. The number of piperazine rings is 1. The van der Waals surface area contributed by atoms with Gasteiger partial charge in [-0.05, 0) is 67.5 Å². The molecule has 186 valence electrons. The number of anilines is 2. The molecule has 2 aliphatic carbocycles. The van der Waals surface area contributed by atoms with Crippen LogP contribution in [0.4, 0.5) is 15.8 Å². The van der Waals surface area contributed by atoms with Crippen LogP contribution in [0.15, 0.2) is 41.3 Å². The van der Waals surface area contributed by atoms with Gasteiger partial charge in [0.15, 0.2) is 0 Å². The van der Waals surface area contributed by atoms with Crippen LogP contribution in [0.5, 0.6) is 0 Å². The Morgan fingerprint density at radius 1 is 1.00 bits per heavy atom. The van der Waals surface area contributed by atoms with Crippen molar-refractivity contribution in [1.29, 1.82) is 0 Å². The minimum absolute atomic E-state index is 0.0156. The summed E-state index contributed by atoms with van der Waals surface area (Å²) in [5.74, 6) is -0.949. The number of rotatable bonds is 4. The summed E-state index contributed by atoms with van der Waals surface area (Å²) in [6.45, 7) is 3.65. The van der Waals surface area contributed by atoms with Crippen molar-refractivity contribution in [1.82, 2.24) is 9.47 Å². The number of halogens is 1. The third-order valence-corrected chi connectivity index (χ3v) is 7.71. The molecule has 1 saturated carbocycles. The summed E-state index contributed by atoms with van der Waals surface area (Å²) in [4.78, 5) is 41.9. The molecule has 7 nitrogen and oxygen atoms in total. The first-order valence-electron chi connectivity index (χ1n) is 12.7. The number of fused-ring (bicyclic) bond motifs is 2. The summed E-state index contributed by atoms with van der Waals surface area (Å²) in [6, 6.07) is 9.09. The minimum atomic E-state index is -0.491. The molecule has 2 aromatic carbocycles. The van der Waals surface area contributed by atoms with Gasteiger partial charge in [0, 0.05) is 56.4 Å². The Morgan fingerprint density at radius 3 is 2.47 bits per heavy atom. The van der Waals surface area contributed by atoms with Crippen LogP contribution in [-0.2, 0) is 17.6 Å². The molecule has 1 N–H and O–H groups in total. The summed E-state index contributed by atoms with van der Waals surface area (Å²) in [5, 5.41) is 3.10. The fourth-order valence-electron chi connectivity index (χ4n) is 5.53. The van der Waals surface area contributed by atoms with E-state index in [0.29, 0.717) is 43.1 Å². The predicted octanol–water partition coefficient (Wildman–Crippen LogP) is 3.89. The van der Waals surface area contributed by atoms with Crippen molar-refractivity contribution in [2.45, 2.75) is 45.1 Å². The Labute approximate surface area is 208 Å². The summed E-state index contributed by atoms with van der Waals surface area (Å²) in [7, 11) is 0. The molecule has 0 unspecified atom stereocenters. The van der Waals surface area contributed by atoms with Gasteiger partial charge >= 0.3 is 0 Å². The zero-order chi connectivity index (χ0) is 25.0. The number of aromatic nitrogens is 1. The maximum Gasteiger partial charge on any atom is 0.261 e. The van der Waals surface area contributed by atoms with Gasteiger partial charge in [-0.3, -0.25) is 14.4 Å². The number of hydrogen-bond donors (Lipinski definition) is 1. The van der Waals surface area contributed by atoms with Crippen LogP contribution in [0.2, 0.25) is 0 Å². The van der Waals surface area contributed by atoms with Gasteiger partial charge < -0.3 is 19.7 Å². The van der Waals surface area contributed by atoms with Crippen LogP contribution >= 0.6 is 0 Å². The lowest BCUT2D eigenvalue weighted by atomic mass is 10.1. The van der Waals surface area contributed by atoms with Crippen molar-refractivity contribution in [2.24, 2.45) is 0 Å². The van der Waals surface area contributed by atoms with E-state index < -0.39 is 17.2 Å². The van der Waals surface area contributed by atoms with Crippen LogP contribution in [0.3, 0.4) is 0 Å². The van der Waals surface area contributed by atoms with Crippen molar-refractivity contribution < 1.29 is 14.0 Å². The highest BCUT2D eigenvalue weighted by Crippen LogP contribution is 2.38. The van der Waals surface area contributed by atoms with Crippen molar-refractivity contribution in [2.75, 3.05) is 36.4 Å². The quantitative estimate of drug-likeness (QED) is 0.605. The summed E-state index contributed by atoms with van der Waals surface area (Å²) in [5.41, 5.74) is 3.84. The highest BCUT2D eigenvalue weighted by Gasteiger charge is 2.29. The Kier molecular flexibility index (Phi) is 5.54. The van der Waals surface area contributed by atoms with Gasteiger partial charge in [-0.15, -0.1) is 0 Å². The highest BCUT2D eigenvalue weighted by atomic mass is 19.1. The first kappa shape index (κ1) is 22.8. The van der Waals surface area contributed by atoms with E-state index >= 15 is 4.39 Å². The average Bonchev–Trinajstić information content (AvgIpc) is 3.61. The first-order chi connectivity index (χ1) is 17.4. The number of nitrogens with one attached hydrogen (secondary N) is 1.